The molecule has 0 saturated carbocycles. The molecule has 6 nitrogen and oxygen atoms in total. The van der Waals surface area contributed by atoms with E-state index in [1.165, 1.54) is 29.3 Å². The molecule has 0 aliphatic carbocycles. The summed E-state index contributed by atoms with van der Waals surface area (Å²) in [6.07, 6.45) is 1.54. The highest BCUT2D eigenvalue weighted by molar-refractivity contribution is 8.00. The van der Waals surface area contributed by atoms with Gasteiger partial charge in [-0.15, -0.1) is 11.3 Å². The van der Waals surface area contributed by atoms with Crippen molar-refractivity contribution >= 4 is 45.2 Å². The van der Waals surface area contributed by atoms with Crippen LogP contribution in [-0.2, 0) is 16.1 Å². The molecular formula is C19H19N3O3S2. The van der Waals surface area contributed by atoms with Crippen molar-refractivity contribution in [2.75, 3.05) is 12.9 Å². The zero-order chi connectivity index (χ0) is 19.4. The van der Waals surface area contributed by atoms with Gasteiger partial charge in [-0.2, -0.15) is 0 Å². The van der Waals surface area contributed by atoms with Crippen molar-refractivity contribution in [3.8, 4) is 0 Å². The van der Waals surface area contributed by atoms with E-state index >= 15 is 0 Å². The Morgan fingerprint density at radius 1 is 1.19 bits per heavy atom. The van der Waals surface area contributed by atoms with Crippen molar-refractivity contribution in [1.82, 2.24) is 15.3 Å². The number of fused-ring (bicyclic) bond motifs is 1. The molecule has 2 aromatic heterocycles. The molecule has 1 N–H and O–H groups in total. The van der Waals surface area contributed by atoms with Crippen molar-refractivity contribution < 1.29 is 14.3 Å². The molecule has 27 heavy (non-hydrogen) atoms. The summed E-state index contributed by atoms with van der Waals surface area (Å²) in [5, 5.41) is 4.75. The molecule has 0 aliphatic rings. The molecule has 0 aliphatic heterocycles. The average Bonchev–Trinajstić information content (AvgIpc) is 2.99. The van der Waals surface area contributed by atoms with E-state index in [9.17, 15) is 9.59 Å². The number of aryl methyl sites for hydroxylation is 2. The summed E-state index contributed by atoms with van der Waals surface area (Å²) in [5.41, 5.74) is 2.57. The lowest BCUT2D eigenvalue weighted by Gasteiger charge is -2.07. The van der Waals surface area contributed by atoms with Gasteiger partial charge in [0.25, 0.3) is 0 Å². The molecule has 1 aromatic carbocycles. The van der Waals surface area contributed by atoms with E-state index in [4.69, 9.17) is 0 Å². The molecular weight excluding hydrogens is 382 g/mol. The van der Waals surface area contributed by atoms with Gasteiger partial charge >= 0.3 is 5.97 Å². The Morgan fingerprint density at radius 3 is 2.63 bits per heavy atom. The Morgan fingerprint density at radius 2 is 1.93 bits per heavy atom. The number of carbonyl (C=O) groups excluding carboxylic acids is 2. The quantitative estimate of drug-likeness (QED) is 0.387. The summed E-state index contributed by atoms with van der Waals surface area (Å²) in [6, 6.07) is 6.96. The first kappa shape index (κ1) is 19.3. The number of methoxy groups -OCH3 is 1. The third kappa shape index (κ3) is 4.45. The van der Waals surface area contributed by atoms with E-state index in [1.54, 1.807) is 41.9 Å². The van der Waals surface area contributed by atoms with E-state index in [0.29, 0.717) is 12.1 Å². The first-order chi connectivity index (χ1) is 13.0. The monoisotopic (exact) mass is 401 g/mol. The van der Waals surface area contributed by atoms with Gasteiger partial charge in [0, 0.05) is 16.8 Å². The van der Waals surface area contributed by atoms with Gasteiger partial charge in [0.2, 0.25) is 5.91 Å². The number of esters is 1. The lowest BCUT2D eigenvalue weighted by molar-refractivity contribution is -0.118. The molecule has 140 valence electrons. The van der Waals surface area contributed by atoms with E-state index in [-0.39, 0.29) is 17.6 Å². The van der Waals surface area contributed by atoms with Crippen LogP contribution in [0.1, 0.15) is 26.4 Å². The molecule has 1 amide bonds. The highest BCUT2D eigenvalue weighted by Gasteiger charge is 2.13. The summed E-state index contributed by atoms with van der Waals surface area (Å²) in [6.45, 7) is 4.52. The fourth-order valence-corrected chi connectivity index (χ4v) is 4.47. The number of ether oxygens (including phenoxy) is 1. The lowest BCUT2D eigenvalue weighted by atomic mass is 10.1. The molecule has 0 unspecified atom stereocenters. The van der Waals surface area contributed by atoms with Crippen LogP contribution in [0.4, 0.5) is 0 Å². The van der Waals surface area contributed by atoms with E-state index < -0.39 is 0 Å². The average molecular weight is 402 g/mol. The number of nitrogens with zero attached hydrogens (tertiary/aromatic N) is 2. The maximum absolute atomic E-state index is 12.2. The maximum Gasteiger partial charge on any atom is 0.337 e. The van der Waals surface area contributed by atoms with Gasteiger partial charge < -0.3 is 10.1 Å². The number of rotatable bonds is 6. The topological polar surface area (TPSA) is 81.2 Å². The van der Waals surface area contributed by atoms with Crippen LogP contribution in [0.2, 0.25) is 0 Å². The molecule has 0 spiro atoms. The SMILES string of the molecule is COC(=O)c1ccc(CNC(=O)CSc2ncnc3sc(C)c(C)c23)cc1. The van der Waals surface area contributed by atoms with Crippen LogP contribution in [0.25, 0.3) is 10.2 Å². The predicted molar refractivity (Wildman–Crippen MR) is 107 cm³/mol. The van der Waals surface area contributed by atoms with E-state index in [0.717, 1.165) is 20.8 Å². The number of aromatic nitrogens is 2. The molecule has 8 heteroatoms. The van der Waals surface area contributed by atoms with Crippen LogP contribution in [0.15, 0.2) is 35.6 Å². The molecule has 0 bridgehead atoms. The van der Waals surface area contributed by atoms with Crippen molar-refractivity contribution in [3.63, 3.8) is 0 Å². The number of amides is 1. The molecule has 0 atom stereocenters. The Hall–Kier alpha value is -2.45. The summed E-state index contributed by atoms with van der Waals surface area (Å²) in [5.74, 6) is -0.175. The molecule has 2 heterocycles. The van der Waals surface area contributed by atoms with Gasteiger partial charge in [0.15, 0.2) is 0 Å². The summed E-state index contributed by atoms with van der Waals surface area (Å²) in [7, 11) is 1.35. The highest BCUT2D eigenvalue weighted by Crippen LogP contribution is 2.34. The minimum absolute atomic E-state index is 0.0755. The summed E-state index contributed by atoms with van der Waals surface area (Å²) in [4.78, 5) is 34.4. The van der Waals surface area contributed by atoms with Gasteiger partial charge in [0.1, 0.15) is 16.2 Å². The zero-order valence-electron chi connectivity index (χ0n) is 15.2. The minimum Gasteiger partial charge on any atom is -0.465 e. The Labute approximate surface area is 165 Å². The lowest BCUT2D eigenvalue weighted by Crippen LogP contribution is -2.24. The van der Waals surface area contributed by atoms with E-state index in [1.807, 2.05) is 0 Å². The first-order valence-corrected chi connectivity index (χ1v) is 10.1. The zero-order valence-corrected chi connectivity index (χ0v) is 16.9. The fourth-order valence-electron chi connectivity index (χ4n) is 2.52. The second-order valence-corrected chi connectivity index (χ2v) is 8.06. The van der Waals surface area contributed by atoms with Gasteiger partial charge in [-0.05, 0) is 37.1 Å². The normalized spacial score (nSPS) is 10.8. The smallest absolute Gasteiger partial charge is 0.337 e. The number of thioether (sulfide) groups is 1. The van der Waals surface area contributed by atoms with Crippen LogP contribution in [0.3, 0.4) is 0 Å². The second-order valence-electron chi connectivity index (χ2n) is 5.90. The Bertz CT molecular complexity index is 984. The van der Waals surface area contributed by atoms with Gasteiger partial charge in [-0.3, -0.25) is 4.79 Å². The number of benzene rings is 1. The third-order valence-corrected chi connectivity index (χ3v) is 6.24. The number of nitrogens with one attached hydrogen (secondary N) is 1. The highest BCUT2D eigenvalue weighted by atomic mass is 32.2. The van der Waals surface area contributed by atoms with Crippen molar-refractivity contribution in [2.24, 2.45) is 0 Å². The number of carbonyl (C=O) groups is 2. The largest absolute Gasteiger partial charge is 0.465 e. The van der Waals surface area contributed by atoms with Gasteiger partial charge in [-0.25, -0.2) is 14.8 Å². The minimum atomic E-state index is -0.378. The predicted octanol–water partition coefficient (Wildman–Crippen LogP) is 3.50. The Kier molecular flexibility index (Phi) is 6.08. The molecule has 3 rings (SSSR count). The van der Waals surface area contributed by atoms with Crippen LogP contribution in [-0.4, -0.2) is 34.7 Å². The van der Waals surface area contributed by atoms with Crippen LogP contribution in [0, 0.1) is 13.8 Å². The molecule has 0 fully saturated rings. The number of hydrogen-bond donors (Lipinski definition) is 1. The molecule has 0 radical (unpaired) electrons. The van der Waals surface area contributed by atoms with Crippen LogP contribution < -0.4 is 5.32 Å². The van der Waals surface area contributed by atoms with Crippen molar-refractivity contribution in [1.29, 1.82) is 0 Å². The van der Waals surface area contributed by atoms with Gasteiger partial charge in [0.05, 0.1) is 18.4 Å². The summed E-state index contributed by atoms with van der Waals surface area (Å²) < 4.78 is 4.67. The third-order valence-electron chi connectivity index (χ3n) is 4.14. The van der Waals surface area contributed by atoms with Gasteiger partial charge in [-0.1, -0.05) is 23.9 Å². The summed E-state index contributed by atoms with van der Waals surface area (Å²) >= 11 is 3.05. The standard InChI is InChI=1S/C19H19N3O3S2/c1-11-12(2)27-18-16(11)17(21-10-22-18)26-9-15(23)20-8-13-4-6-14(7-5-13)19(24)25-3/h4-7,10H,8-9H2,1-3H3,(H,20,23). The van der Waals surface area contributed by atoms with Crippen molar-refractivity contribution in [3.05, 3.63) is 52.2 Å². The van der Waals surface area contributed by atoms with Crippen molar-refractivity contribution in [2.45, 2.75) is 25.4 Å². The maximum atomic E-state index is 12.2. The van der Waals surface area contributed by atoms with E-state index in [2.05, 4.69) is 33.9 Å². The first-order valence-electron chi connectivity index (χ1n) is 8.27. The second kappa shape index (κ2) is 8.49. The number of thiophene rings is 1. The molecule has 0 saturated heterocycles. The van der Waals surface area contributed by atoms with Crippen LogP contribution >= 0.6 is 23.1 Å². The Balaban J connectivity index is 1.57. The number of hydrogen-bond acceptors (Lipinski definition) is 7. The molecule has 3 aromatic rings. The fraction of sp³-hybridized carbons (Fsp3) is 0.263. The van der Waals surface area contributed by atoms with Crippen LogP contribution in [0.5, 0.6) is 0 Å².